The molecule has 16 heavy (non-hydrogen) atoms. The minimum atomic E-state index is -3.04. The standard InChI is InChI=1S/C11H15NO3S/c1-9-4-2-3-5-11(9)15-8-10-6-7-16(13,14)12-10/h2-5,10,12H,6-8H2,1H3/t10-/m1/s1. The van der Waals surface area contributed by atoms with E-state index in [1.54, 1.807) is 0 Å². The van der Waals surface area contributed by atoms with Gasteiger partial charge in [-0.2, -0.15) is 0 Å². The smallest absolute Gasteiger partial charge is 0.212 e. The molecule has 1 atom stereocenters. The SMILES string of the molecule is Cc1ccccc1OC[C@H]1CCS(=O)(=O)N1. The largest absolute Gasteiger partial charge is 0.492 e. The summed E-state index contributed by atoms with van der Waals surface area (Å²) < 4.78 is 30.5. The number of nitrogens with one attached hydrogen (secondary N) is 1. The van der Waals surface area contributed by atoms with Crippen molar-refractivity contribution < 1.29 is 13.2 Å². The van der Waals surface area contributed by atoms with Crippen molar-refractivity contribution in [1.29, 1.82) is 0 Å². The van der Waals surface area contributed by atoms with Crippen LogP contribution in [0, 0.1) is 6.92 Å². The molecule has 0 aliphatic carbocycles. The highest BCUT2D eigenvalue weighted by Crippen LogP contribution is 2.17. The molecular formula is C11H15NO3S. The van der Waals surface area contributed by atoms with E-state index in [2.05, 4.69) is 4.72 Å². The monoisotopic (exact) mass is 241 g/mol. The van der Waals surface area contributed by atoms with Crippen molar-refractivity contribution in [3.8, 4) is 5.75 Å². The van der Waals surface area contributed by atoms with Crippen molar-refractivity contribution >= 4 is 10.0 Å². The van der Waals surface area contributed by atoms with Crippen molar-refractivity contribution in [2.75, 3.05) is 12.4 Å². The minimum Gasteiger partial charge on any atom is -0.492 e. The second-order valence-corrected chi connectivity index (χ2v) is 5.87. The van der Waals surface area contributed by atoms with E-state index < -0.39 is 10.0 Å². The molecule has 1 heterocycles. The Kier molecular flexibility index (Phi) is 3.16. The summed E-state index contributed by atoms with van der Waals surface area (Å²) in [5.74, 6) is 1.02. The van der Waals surface area contributed by atoms with E-state index in [9.17, 15) is 8.42 Å². The van der Waals surface area contributed by atoms with Gasteiger partial charge in [0.05, 0.1) is 11.8 Å². The average Bonchev–Trinajstić information content (AvgIpc) is 2.57. The van der Waals surface area contributed by atoms with Crippen LogP contribution < -0.4 is 9.46 Å². The van der Waals surface area contributed by atoms with Crippen LogP contribution in [0.5, 0.6) is 5.75 Å². The third-order valence-corrected chi connectivity index (χ3v) is 4.08. The summed E-state index contributed by atoms with van der Waals surface area (Å²) in [4.78, 5) is 0. The van der Waals surface area contributed by atoms with Crippen LogP contribution in [-0.2, 0) is 10.0 Å². The van der Waals surface area contributed by atoms with Crippen molar-refractivity contribution in [2.45, 2.75) is 19.4 Å². The van der Waals surface area contributed by atoms with Gasteiger partial charge in [-0.3, -0.25) is 0 Å². The van der Waals surface area contributed by atoms with Gasteiger partial charge in [0.15, 0.2) is 0 Å². The summed E-state index contributed by atoms with van der Waals surface area (Å²) >= 11 is 0. The summed E-state index contributed by atoms with van der Waals surface area (Å²) in [6.07, 6.45) is 0.619. The topological polar surface area (TPSA) is 55.4 Å². The van der Waals surface area contributed by atoms with Crippen molar-refractivity contribution in [1.82, 2.24) is 4.72 Å². The Bertz CT molecular complexity index is 470. The normalized spacial score (nSPS) is 23.2. The summed E-state index contributed by atoms with van der Waals surface area (Å²) in [7, 11) is -3.04. The van der Waals surface area contributed by atoms with Crippen molar-refractivity contribution in [3.05, 3.63) is 29.8 Å². The lowest BCUT2D eigenvalue weighted by atomic mass is 10.2. The van der Waals surface area contributed by atoms with Crippen LogP contribution in [0.15, 0.2) is 24.3 Å². The van der Waals surface area contributed by atoms with Crippen LogP contribution in [0.25, 0.3) is 0 Å². The van der Waals surface area contributed by atoms with Crippen LogP contribution >= 0.6 is 0 Å². The second kappa shape index (κ2) is 4.43. The third-order valence-electron chi connectivity index (χ3n) is 2.61. The maximum absolute atomic E-state index is 11.2. The Balaban J connectivity index is 1.92. The molecule has 1 aliphatic rings. The number of benzene rings is 1. The molecule has 1 N–H and O–H groups in total. The van der Waals surface area contributed by atoms with Gasteiger partial charge in [0.2, 0.25) is 10.0 Å². The Labute approximate surface area is 95.7 Å². The fraction of sp³-hybridized carbons (Fsp3) is 0.455. The number of rotatable bonds is 3. The van der Waals surface area contributed by atoms with E-state index in [-0.39, 0.29) is 11.8 Å². The molecule has 88 valence electrons. The fourth-order valence-electron chi connectivity index (χ4n) is 1.70. The van der Waals surface area contributed by atoms with Crippen molar-refractivity contribution in [2.24, 2.45) is 0 Å². The van der Waals surface area contributed by atoms with E-state index in [4.69, 9.17) is 4.74 Å². The van der Waals surface area contributed by atoms with Crippen LogP contribution in [0.3, 0.4) is 0 Å². The van der Waals surface area contributed by atoms with E-state index in [0.717, 1.165) is 11.3 Å². The molecule has 2 rings (SSSR count). The molecule has 1 aromatic carbocycles. The highest BCUT2D eigenvalue weighted by molar-refractivity contribution is 7.89. The Morgan fingerprint density at radius 1 is 1.44 bits per heavy atom. The molecule has 0 unspecified atom stereocenters. The third kappa shape index (κ3) is 2.74. The van der Waals surface area contributed by atoms with Gasteiger partial charge in [0.25, 0.3) is 0 Å². The van der Waals surface area contributed by atoms with Gasteiger partial charge in [-0.25, -0.2) is 13.1 Å². The molecule has 0 saturated carbocycles. The molecule has 0 radical (unpaired) electrons. The number of aryl methyl sites for hydroxylation is 1. The summed E-state index contributed by atoms with van der Waals surface area (Å²) in [6.45, 7) is 2.36. The first kappa shape index (κ1) is 11.4. The van der Waals surface area contributed by atoms with E-state index in [0.29, 0.717) is 13.0 Å². The Hall–Kier alpha value is -1.07. The lowest BCUT2D eigenvalue weighted by Gasteiger charge is -2.12. The predicted octanol–water partition coefficient (Wildman–Crippen LogP) is 1.07. The molecule has 0 bridgehead atoms. The highest BCUT2D eigenvalue weighted by atomic mass is 32.2. The van der Waals surface area contributed by atoms with Crippen LogP contribution in [0.2, 0.25) is 0 Å². The number of hydrogen-bond donors (Lipinski definition) is 1. The minimum absolute atomic E-state index is 0.0930. The first-order valence-corrected chi connectivity index (χ1v) is 6.90. The molecule has 5 heteroatoms. The molecule has 0 spiro atoms. The number of ether oxygens (including phenoxy) is 1. The van der Waals surface area contributed by atoms with E-state index in [1.165, 1.54) is 0 Å². The Morgan fingerprint density at radius 3 is 2.81 bits per heavy atom. The zero-order valence-corrected chi connectivity index (χ0v) is 9.96. The lowest BCUT2D eigenvalue weighted by Crippen LogP contribution is -2.31. The van der Waals surface area contributed by atoms with Gasteiger partial charge in [-0.15, -0.1) is 0 Å². The fourth-order valence-corrected chi connectivity index (χ4v) is 3.10. The van der Waals surface area contributed by atoms with Gasteiger partial charge in [-0.1, -0.05) is 18.2 Å². The van der Waals surface area contributed by atoms with Crippen molar-refractivity contribution in [3.63, 3.8) is 0 Å². The van der Waals surface area contributed by atoms with Crippen LogP contribution in [0.1, 0.15) is 12.0 Å². The first-order chi connectivity index (χ1) is 7.57. The van der Waals surface area contributed by atoms with E-state index in [1.807, 2.05) is 31.2 Å². The average molecular weight is 241 g/mol. The maximum Gasteiger partial charge on any atom is 0.212 e. The zero-order chi connectivity index (χ0) is 11.6. The van der Waals surface area contributed by atoms with Gasteiger partial charge < -0.3 is 4.74 Å². The first-order valence-electron chi connectivity index (χ1n) is 5.25. The number of hydrogen-bond acceptors (Lipinski definition) is 3. The van der Waals surface area contributed by atoms with Gasteiger partial charge in [-0.05, 0) is 25.0 Å². The maximum atomic E-state index is 11.2. The second-order valence-electron chi connectivity index (χ2n) is 4.00. The van der Waals surface area contributed by atoms with Gasteiger partial charge >= 0.3 is 0 Å². The molecule has 1 fully saturated rings. The number of sulfonamides is 1. The summed E-state index contributed by atoms with van der Waals surface area (Å²) in [6, 6.07) is 7.61. The predicted molar refractivity (Wildman–Crippen MR) is 62.0 cm³/mol. The van der Waals surface area contributed by atoms with Crippen LogP contribution in [-0.4, -0.2) is 26.8 Å². The quantitative estimate of drug-likeness (QED) is 0.861. The summed E-state index contributed by atoms with van der Waals surface area (Å²) in [5.41, 5.74) is 1.06. The Morgan fingerprint density at radius 2 is 2.19 bits per heavy atom. The molecule has 1 saturated heterocycles. The number of para-hydroxylation sites is 1. The molecule has 4 nitrogen and oxygen atoms in total. The molecule has 1 aliphatic heterocycles. The zero-order valence-electron chi connectivity index (χ0n) is 9.14. The molecule has 0 aromatic heterocycles. The van der Waals surface area contributed by atoms with Gasteiger partial charge in [0.1, 0.15) is 12.4 Å². The lowest BCUT2D eigenvalue weighted by molar-refractivity contribution is 0.280. The van der Waals surface area contributed by atoms with Crippen LogP contribution in [0.4, 0.5) is 0 Å². The molecule has 1 aromatic rings. The molecule has 0 amide bonds. The molecular weight excluding hydrogens is 226 g/mol. The van der Waals surface area contributed by atoms with E-state index >= 15 is 0 Å². The van der Waals surface area contributed by atoms with Gasteiger partial charge in [0, 0.05) is 0 Å². The summed E-state index contributed by atoms with van der Waals surface area (Å²) in [5, 5.41) is 0. The highest BCUT2D eigenvalue weighted by Gasteiger charge is 2.27.